The number of hydrogen-bond donors (Lipinski definition) is 0. The lowest BCUT2D eigenvalue weighted by molar-refractivity contribution is -0.108. The molecule has 1 fully saturated rings. The standard InChI is InChI=1S/C18H18ClNO3S/c19-16-6-8-17(9-7-16)24(22,23)20-12-10-15(11-13-21)18(20)14-4-2-1-3-5-14/h1-9,13,15,18H,10-12H2/t15-,18+/m0/s1. The zero-order valence-corrected chi connectivity index (χ0v) is 14.6. The van der Waals surface area contributed by atoms with Crippen LogP contribution in [0, 0.1) is 5.92 Å². The Hall–Kier alpha value is -1.69. The molecule has 0 N–H and O–H groups in total. The fourth-order valence-corrected chi connectivity index (χ4v) is 5.11. The molecule has 0 amide bonds. The van der Waals surface area contributed by atoms with Gasteiger partial charge in [-0.3, -0.25) is 0 Å². The van der Waals surface area contributed by atoms with Gasteiger partial charge in [-0.2, -0.15) is 4.31 Å². The fraction of sp³-hybridized carbons (Fsp3) is 0.278. The van der Waals surface area contributed by atoms with Crippen LogP contribution in [0.15, 0.2) is 59.5 Å². The number of nitrogens with zero attached hydrogens (tertiary/aromatic N) is 1. The predicted octanol–water partition coefficient (Wildman–Crippen LogP) is 3.68. The molecule has 126 valence electrons. The summed E-state index contributed by atoms with van der Waals surface area (Å²) in [5.74, 6) is -0.00743. The number of hydrogen-bond acceptors (Lipinski definition) is 3. The van der Waals surface area contributed by atoms with E-state index in [9.17, 15) is 13.2 Å². The molecule has 0 bridgehead atoms. The molecule has 4 nitrogen and oxygen atoms in total. The summed E-state index contributed by atoms with van der Waals surface area (Å²) in [6, 6.07) is 15.4. The van der Waals surface area contributed by atoms with Crippen LogP contribution in [0.25, 0.3) is 0 Å². The molecule has 0 spiro atoms. The molecule has 0 aliphatic carbocycles. The molecule has 0 radical (unpaired) electrons. The third-order valence-electron chi connectivity index (χ3n) is 4.44. The van der Waals surface area contributed by atoms with Crippen molar-refractivity contribution in [2.24, 2.45) is 5.92 Å². The molecule has 2 aromatic rings. The van der Waals surface area contributed by atoms with Gasteiger partial charge in [-0.05, 0) is 42.2 Å². The lowest BCUT2D eigenvalue weighted by Gasteiger charge is -2.27. The van der Waals surface area contributed by atoms with E-state index in [2.05, 4.69) is 0 Å². The molecule has 1 saturated heterocycles. The van der Waals surface area contributed by atoms with E-state index in [1.807, 2.05) is 30.3 Å². The largest absolute Gasteiger partial charge is 0.303 e. The van der Waals surface area contributed by atoms with Crippen LogP contribution in [0.4, 0.5) is 0 Å². The molecule has 24 heavy (non-hydrogen) atoms. The van der Waals surface area contributed by atoms with Crippen molar-refractivity contribution in [2.45, 2.75) is 23.8 Å². The maximum Gasteiger partial charge on any atom is 0.243 e. The maximum absolute atomic E-state index is 13.1. The van der Waals surface area contributed by atoms with Crippen LogP contribution in [-0.2, 0) is 14.8 Å². The maximum atomic E-state index is 13.1. The van der Waals surface area contributed by atoms with Crippen molar-refractivity contribution in [2.75, 3.05) is 6.54 Å². The van der Waals surface area contributed by atoms with Gasteiger partial charge >= 0.3 is 0 Å². The highest BCUT2D eigenvalue weighted by molar-refractivity contribution is 7.89. The first kappa shape index (κ1) is 17.1. The number of halogens is 1. The summed E-state index contributed by atoms with van der Waals surface area (Å²) in [6.07, 6.45) is 1.90. The summed E-state index contributed by atoms with van der Waals surface area (Å²) < 4.78 is 27.7. The van der Waals surface area contributed by atoms with E-state index in [0.29, 0.717) is 24.4 Å². The summed E-state index contributed by atoms with van der Waals surface area (Å²) in [6.45, 7) is 0.406. The van der Waals surface area contributed by atoms with Gasteiger partial charge in [-0.1, -0.05) is 41.9 Å². The highest BCUT2D eigenvalue weighted by Crippen LogP contribution is 2.42. The Bertz CT molecular complexity index is 806. The average Bonchev–Trinajstić information content (AvgIpc) is 3.01. The number of carbonyl (C=O) groups excluding carboxylic acids is 1. The Kier molecular flexibility index (Phi) is 5.04. The van der Waals surface area contributed by atoms with Crippen molar-refractivity contribution in [3.05, 3.63) is 65.2 Å². The molecular formula is C18H18ClNO3S. The Morgan fingerprint density at radius 2 is 1.75 bits per heavy atom. The minimum absolute atomic E-state index is 0.00743. The number of carbonyl (C=O) groups is 1. The lowest BCUT2D eigenvalue weighted by Crippen LogP contribution is -2.32. The second-order valence-corrected chi connectivity index (χ2v) is 8.20. The summed E-state index contributed by atoms with van der Waals surface area (Å²) in [7, 11) is -3.65. The van der Waals surface area contributed by atoms with Gasteiger partial charge in [-0.15, -0.1) is 0 Å². The van der Waals surface area contributed by atoms with Gasteiger partial charge in [-0.25, -0.2) is 8.42 Å². The average molecular weight is 364 g/mol. The van der Waals surface area contributed by atoms with Gasteiger partial charge in [0.05, 0.1) is 10.9 Å². The van der Waals surface area contributed by atoms with E-state index in [-0.39, 0.29) is 16.9 Å². The zero-order chi connectivity index (χ0) is 17.2. The molecule has 0 unspecified atom stereocenters. The van der Waals surface area contributed by atoms with E-state index >= 15 is 0 Å². The van der Waals surface area contributed by atoms with Crippen LogP contribution in [0.2, 0.25) is 5.02 Å². The number of benzene rings is 2. The van der Waals surface area contributed by atoms with Crippen molar-refractivity contribution in [3.8, 4) is 0 Å². The van der Waals surface area contributed by atoms with Crippen LogP contribution in [-0.4, -0.2) is 25.6 Å². The lowest BCUT2D eigenvalue weighted by atomic mass is 9.92. The molecule has 3 rings (SSSR count). The molecule has 2 atom stereocenters. The van der Waals surface area contributed by atoms with Gasteiger partial charge in [0.15, 0.2) is 0 Å². The fourth-order valence-electron chi connectivity index (χ4n) is 3.30. The molecule has 0 saturated carbocycles. The highest BCUT2D eigenvalue weighted by atomic mass is 35.5. The van der Waals surface area contributed by atoms with Crippen LogP contribution in [0.5, 0.6) is 0 Å². The van der Waals surface area contributed by atoms with Crippen molar-refractivity contribution in [1.29, 1.82) is 0 Å². The second-order valence-electron chi connectivity index (χ2n) is 5.88. The van der Waals surface area contributed by atoms with Crippen molar-refractivity contribution in [3.63, 3.8) is 0 Å². The van der Waals surface area contributed by atoms with Crippen LogP contribution >= 0.6 is 11.6 Å². The normalized spacial score (nSPS) is 21.7. The van der Waals surface area contributed by atoms with Crippen molar-refractivity contribution in [1.82, 2.24) is 4.31 Å². The molecule has 1 aliphatic rings. The first-order valence-corrected chi connectivity index (χ1v) is 9.62. The first-order chi connectivity index (χ1) is 11.5. The Morgan fingerprint density at radius 1 is 1.08 bits per heavy atom. The third kappa shape index (κ3) is 3.24. The molecular weight excluding hydrogens is 346 g/mol. The van der Waals surface area contributed by atoms with E-state index < -0.39 is 10.0 Å². The van der Waals surface area contributed by atoms with E-state index in [1.54, 1.807) is 12.1 Å². The quantitative estimate of drug-likeness (QED) is 0.761. The summed E-state index contributed by atoms with van der Waals surface area (Å²) in [5.41, 5.74) is 0.916. The molecule has 6 heteroatoms. The van der Waals surface area contributed by atoms with Crippen molar-refractivity contribution < 1.29 is 13.2 Å². The third-order valence-corrected chi connectivity index (χ3v) is 6.58. The number of sulfonamides is 1. The van der Waals surface area contributed by atoms with Crippen LogP contribution in [0.3, 0.4) is 0 Å². The summed E-state index contributed by atoms with van der Waals surface area (Å²) in [4.78, 5) is 11.2. The minimum atomic E-state index is -3.65. The van der Waals surface area contributed by atoms with Crippen molar-refractivity contribution >= 4 is 27.9 Å². The molecule has 1 aliphatic heterocycles. The SMILES string of the molecule is O=CC[C@@H]1CCN(S(=O)(=O)c2ccc(Cl)cc2)[C@@H]1c1ccccc1. The number of rotatable bonds is 5. The summed E-state index contributed by atoms with van der Waals surface area (Å²) >= 11 is 5.86. The van der Waals surface area contributed by atoms with E-state index in [0.717, 1.165) is 11.8 Å². The van der Waals surface area contributed by atoms with Gasteiger partial charge in [0.1, 0.15) is 6.29 Å². The van der Waals surface area contributed by atoms with Gasteiger partial charge in [0, 0.05) is 18.0 Å². The van der Waals surface area contributed by atoms with Gasteiger partial charge in [0.2, 0.25) is 10.0 Å². The Balaban J connectivity index is 2.01. The van der Waals surface area contributed by atoms with Crippen LogP contribution in [0.1, 0.15) is 24.4 Å². The predicted molar refractivity (Wildman–Crippen MR) is 93.3 cm³/mol. The van der Waals surface area contributed by atoms with E-state index in [1.165, 1.54) is 16.4 Å². The smallest absolute Gasteiger partial charge is 0.243 e. The Morgan fingerprint density at radius 3 is 2.38 bits per heavy atom. The zero-order valence-electron chi connectivity index (χ0n) is 13.0. The molecule has 1 heterocycles. The minimum Gasteiger partial charge on any atom is -0.303 e. The number of aldehydes is 1. The monoisotopic (exact) mass is 363 g/mol. The van der Waals surface area contributed by atoms with Gasteiger partial charge in [0.25, 0.3) is 0 Å². The van der Waals surface area contributed by atoms with E-state index in [4.69, 9.17) is 11.6 Å². The molecule has 0 aromatic heterocycles. The first-order valence-electron chi connectivity index (χ1n) is 7.80. The topological polar surface area (TPSA) is 54.5 Å². The highest BCUT2D eigenvalue weighted by Gasteiger charge is 2.42. The second kappa shape index (κ2) is 7.05. The van der Waals surface area contributed by atoms with Crippen LogP contribution < -0.4 is 0 Å². The van der Waals surface area contributed by atoms with Gasteiger partial charge < -0.3 is 4.79 Å². The summed E-state index contributed by atoms with van der Waals surface area (Å²) in [5, 5.41) is 0.494. The molecule has 2 aromatic carbocycles. The Labute approximate surface area is 147 Å².